The van der Waals surface area contributed by atoms with Gasteiger partial charge < -0.3 is 20.6 Å². The topological polar surface area (TPSA) is 107 Å². The smallest absolute Gasteiger partial charge is 0.280 e. The second-order valence-electron chi connectivity index (χ2n) is 11.0. The van der Waals surface area contributed by atoms with E-state index in [1.165, 1.54) is 18.7 Å². The van der Waals surface area contributed by atoms with Crippen molar-refractivity contribution in [2.75, 3.05) is 18.4 Å². The Morgan fingerprint density at radius 1 is 1.18 bits per heavy atom. The summed E-state index contributed by atoms with van der Waals surface area (Å²) in [7, 11) is 0. The Hall–Kier alpha value is -2.66. The SMILES string of the molecule is C[C@H]1CCCCN1C(=O)c1nc(C(=O)NCC(C)(C)O)sc1-c1cnc(NC2CCCCC2)cc1C(F)F. The van der Waals surface area contributed by atoms with Crippen molar-refractivity contribution >= 4 is 29.0 Å². The van der Waals surface area contributed by atoms with Crippen LogP contribution in [0.25, 0.3) is 10.4 Å². The molecule has 1 saturated heterocycles. The van der Waals surface area contributed by atoms with E-state index in [1.54, 1.807) is 18.7 Å². The molecule has 3 N–H and O–H groups in total. The van der Waals surface area contributed by atoms with Gasteiger partial charge in [-0.1, -0.05) is 19.3 Å². The van der Waals surface area contributed by atoms with Crippen molar-refractivity contribution in [3.63, 3.8) is 0 Å². The normalized spacial score (nSPS) is 19.0. The lowest BCUT2D eigenvalue weighted by Gasteiger charge is -2.33. The van der Waals surface area contributed by atoms with Gasteiger partial charge in [0.2, 0.25) is 0 Å². The zero-order valence-corrected chi connectivity index (χ0v) is 23.0. The molecule has 2 aliphatic rings. The van der Waals surface area contributed by atoms with Gasteiger partial charge in [-0.25, -0.2) is 18.7 Å². The number of aromatic nitrogens is 2. The highest BCUT2D eigenvalue weighted by Gasteiger charge is 2.32. The monoisotopic (exact) mass is 549 g/mol. The lowest BCUT2D eigenvalue weighted by Crippen LogP contribution is -2.42. The van der Waals surface area contributed by atoms with Crippen LogP contribution in [0.15, 0.2) is 12.3 Å². The van der Waals surface area contributed by atoms with Gasteiger partial charge in [0, 0.05) is 42.5 Å². The average Bonchev–Trinajstić information content (AvgIpc) is 3.33. The summed E-state index contributed by atoms with van der Waals surface area (Å²) in [4.78, 5) is 37.2. The van der Waals surface area contributed by atoms with Gasteiger partial charge in [0.15, 0.2) is 5.01 Å². The van der Waals surface area contributed by atoms with E-state index in [4.69, 9.17) is 0 Å². The van der Waals surface area contributed by atoms with Crippen LogP contribution in [-0.4, -0.2) is 62.6 Å². The number of nitrogens with zero attached hydrogens (tertiary/aromatic N) is 3. The number of rotatable bonds is 8. The van der Waals surface area contributed by atoms with Crippen LogP contribution < -0.4 is 10.6 Å². The summed E-state index contributed by atoms with van der Waals surface area (Å²) >= 11 is 0.892. The van der Waals surface area contributed by atoms with Crippen LogP contribution >= 0.6 is 11.3 Å². The maximum Gasteiger partial charge on any atom is 0.280 e. The molecule has 1 saturated carbocycles. The van der Waals surface area contributed by atoms with Gasteiger partial charge in [0.1, 0.15) is 11.5 Å². The highest BCUT2D eigenvalue weighted by atomic mass is 32.1. The van der Waals surface area contributed by atoms with Crippen molar-refractivity contribution in [1.29, 1.82) is 0 Å². The molecule has 2 amide bonds. The molecule has 1 aliphatic heterocycles. The Morgan fingerprint density at radius 3 is 2.55 bits per heavy atom. The molecule has 3 heterocycles. The molecule has 4 rings (SSSR count). The van der Waals surface area contributed by atoms with Crippen LogP contribution in [0.3, 0.4) is 0 Å². The van der Waals surface area contributed by atoms with Gasteiger partial charge in [0.05, 0.1) is 10.5 Å². The van der Waals surface area contributed by atoms with E-state index in [9.17, 15) is 23.5 Å². The number of amides is 2. The number of carbonyl (C=O) groups excluding carboxylic acids is 2. The number of aliphatic hydroxyl groups is 1. The van der Waals surface area contributed by atoms with E-state index in [0.29, 0.717) is 12.4 Å². The number of thiazole rings is 1. The Labute approximate surface area is 226 Å². The molecule has 0 aromatic carbocycles. The minimum absolute atomic E-state index is 0.0196. The Balaban J connectivity index is 1.72. The number of piperidine rings is 1. The summed E-state index contributed by atoms with van der Waals surface area (Å²) in [5.74, 6) is -0.581. The molecular formula is C27H37F2N5O3S. The Kier molecular flexibility index (Phi) is 8.97. The van der Waals surface area contributed by atoms with E-state index in [0.717, 1.165) is 56.3 Å². The fourth-order valence-electron chi connectivity index (χ4n) is 5.03. The van der Waals surface area contributed by atoms with Crippen LogP contribution in [-0.2, 0) is 0 Å². The maximum atomic E-state index is 14.4. The number of halogens is 2. The molecule has 208 valence electrons. The van der Waals surface area contributed by atoms with E-state index >= 15 is 0 Å². The molecule has 2 fully saturated rings. The fourth-order valence-corrected chi connectivity index (χ4v) is 6.03. The summed E-state index contributed by atoms with van der Waals surface area (Å²) in [5, 5.41) is 15.9. The minimum atomic E-state index is -2.81. The molecule has 0 radical (unpaired) electrons. The number of hydrogen-bond acceptors (Lipinski definition) is 7. The predicted octanol–water partition coefficient (Wildman–Crippen LogP) is 5.40. The molecule has 2 aromatic rings. The van der Waals surface area contributed by atoms with Crippen LogP contribution in [0.5, 0.6) is 0 Å². The first-order chi connectivity index (χ1) is 18.0. The van der Waals surface area contributed by atoms with Gasteiger partial charge in [0.25, 0.3) is 18.2 Å². The van der Waals surface area contributed by atoms with E-state index in [1.807, 2.05) is 6.92 Å². The number of likely N-dealkylation sites (tertiary alicyclic amines) is 1. The third-order valence-electron chi connectivity index (χ3n) is 7.14. The first-order valence-electron chi connectivity index (χ1n) is 13.4. The van der Waals surface area contributed by atoms with Gasteiger partial charge in [-0.05, 0) is 58.9 Å². The molecule has 0 unspecified atom stereocenters. The highest BCUT2D eigenvalue weighted by Crippen LogP contribution is 2.39. The molecule has 1 aliphatic carbocycles. The van der Waals surface area contributed by atoms with Crippen molar-refractivity contribution < 1.29 is 23.5 Å². The summed E-state index contributed by atoms with van der Waals surface area (Å²) in [6, 6.07) is 1.52. The first kappa shape index (κ1) is 28.4. The van der Waals surface area contributed by atoms with Gasteiger partial charge in [-0.2, -0.15) is 0 Å². The first-order valence-corrected chi connectivity index (χ1v) is 14.2. The third kappa shape index (κ3) is 6.85. The van der Waals surface area contributed by atoms with Gasteiger partial charge >= 0.3 is 0 Å². The largest absolute Gasteiger partial charge is 0.389 e. The number of carbonyl (C=O) groups is 2. The van der Waals surface area contributed by atoms with Crippen molar-refractivity contribution in [1.82, 2.24) is 20.2 Å². The number of alkyl halides is 2. The van der Waals surface area contributed by atoms with Crippen molar-refractivity contribution in [2.45, 2.75) is 96.2 Å². The molecule has 0 bridgehead atoms. The average molecular weight is 550 g/mol. The van der Waals surface area contributed by atoms with Crippen LogP contribution in [0.1, 0.15) is 104 Å². The van der Waals surface area contributed by atoms with E-state index in [2.05, 4.69) is 20.6 Å². The lowest BCUT2D eigenvalue weighted by atomic mass is 9.95. The summed E-state index contributed by atoms with van der Waals surface area (Å²) in [5.41, 5.74) is -1.33. The van der Waals surface area contributed by atoms with Gasteiger partial charge in [-0.15, -0.1) is 11.3 Å². The van der Waals surface area contributed by atoms with Crippen LogP contribution in [0.2, 0.25) is 0 Å². The Morgan fingerprint density at radius 2 is 1.89 bits per heavy atom. The zero-order valence-electron chi connectivity index (χ0n) is 22.2. The molecule has 2 aromatic heterocycles. The van der Waals surface area contributed by atoms with Crippen molar-refractivity contribution in [3.8, 4) is 10.4 Å². The standard InChI is InChI=1S/C27H37F2N5O3S/c1-16-9-7-8-12-34(16)26(36)21-22(38-25(33-21)24(35)31-15-27(2,3)37)19-14-30-20(13-18(19)23(28)29)32-17-10-5-4-6-11-17/h13-14,16-17,23,37H,4-12,15H2,1-3H3,(H,30,32)(H,31,35)/t16-/m0/s1. The molecule has 8 nitrogen and oxygen atoms in total. The molecule has 0 spiro atoms. The fraction of sp³-hybridized carbons (Fsp3) is 0.630. The predicted molar refractivity (Wildman–Crippen MR) is 144 cm³/mol. The lowest BCUT2D eigenvalue weighted by molar-refractivity contribution is 0.0630. The van der Waals surface area contributed by atoms with Crippen LogP contribution in [0.4, 0.5) is 14.6 Å². The van der Waals surface area contributed by atoms with E-state index in [-0.39, 0.29) is 51.2 Å². The van der Waals surface area contributed by atoms with E-state index < -0.39 is 17.9 Å². The number of nitrogens with one attached hydrogen (secondary N) is 2. The number of hydrogen-bond donors (Lipinski definition) is 3. The summed E-state index contributed by atoms with van der Waals surface area (Å²) in [6.45, 7) is 5.57. The highest BCUT2D eigenvalue weighted by molar-refractivity contribution is 7.17. The quantitative estimate of drug-likeness (QED) is 0.407. The molecule has 1 atom stereocenters. The number of anilines is 1. The van der Waals surface area contributed by atoms with Gasteiger partial charge in [-0.3, -0.25) is 9.59 Å². The second kappa shape index (κ2) is 12.0. The minimum Gasteiger partial charge on any atom is -0.389 e. The molecule has 11 heteroatoms. The number of pyridine rings is 1. The maximum absolute atomic E-state index is 14.4. The third-order valence-corrected chi connectivity index (χ3v) is 8.23. The second-order valence-corrected chi connectivity index (χ2v) is 12.0. The summed E-state index contributed by atoms with van der Waals surface area (Å²) < 4.78 is 28.7. The van der Waals surface area contributed by atoms with Crippen molar-refractivity contribution in [3.05, 3.63) is 28.5 Å². The van der Waals surface area contributed by atoms with Crippen LogP contribution in [0, 0.1) is 0 Å². The molecule has 38 heavy (non-hydrogen) atoms. The Bertz CT molecular complexity index is 1140. The summed E-state index contributed by atoms with van der Waals surface area (Å²) in [6.07, 6.45) is 6.55. The zero-order chi connectivity index (χ0) is 27.4. The van der Waals surface area contributed by atoms with Crippen molar-refractivity contribution in [2.24, 2.45) is 0 Å². The molecular weight excluding hydrogens is 512 g/mol.